The molecule has 1 aromatic carbocycles. The molecule has 2 aromatic heterocycles. The summed E-state index contributed by atoms with van der Waals surface area (Å²) in [5.41, 5.74) is 1.27. The molecule has 2 saturated heterocycles. The van der Waals surface area contributed by atoms with E-state index in [1.54, 1.807) is 12.2 Å². The second-order valence-corrected chi connectivity index (χ2v) is 14.2. The quantitative estimate of drug-likeness (QED) is 0.123. The zero-order chi connectivity index (χ0) is 37.4. The van der Waals surface area contributed by atoms with E-state index in [4.69, 9.17) is 0 Å². The molecular weight excluding hydrogens is 675 g/mol. The number of amides is 3. The number of halogens is 3. The Bertz CT molecular complexity index is 1930. The van der Waals surface area contributed by atoms with Crippen molar-refractivity contribution < 1.29 is 32.3 Å². The number of aryl methyl sites for hydroxylation is 1. The second-order valence-electron chi connectivity index (χ2n) is 14.2. The van der Waals surface area contributed by atoms with Crippen LogP contribution >= 0.6 is 0 Å². The van der Waals surface area contributed by atoms with E-state index in [1.165, 1.54) is 29.5 Å². The van der Waals surface area contributed by atoms with Crippen molar-refractivity contribution in [3.63, 3.8) is 0 Å². The van der Waals surface area contributed by atoms with Gasteiger partial charge in [-0.05, 0) is 81.2 Å². The molecule has 0 spiro atoms. The number of likely N-dealkylation sites (tertiary alicyclic amines) is 1. The van der Waals surface area contributed by atoms with Crippen LogP contribution in [0.5, 0.6) is 0 Å². The van der Waals surface area contributed by atoms with Crippen molar-refractivity contribution in [1.82, 2.24) is 25.0 Å². The Morgan fingerprint density at radius 2 is 1.83 bits per heavy atom. The van der Waals surface area contributed by atoms with Crippen LogP contribution in [-0.2, 0) is 33.5 Å². The highest BCUT2D eigenvalue weighted by molar-refractivity contribution is 6.07. The highest BCUT2D eigenvalue weighted by Crippen LogP contribution is 2.59. The SMILES string of the molecule is C=CCCCC(=O)NC[C@@]12C[C@@H](C(=O)Nc3nc(C(F)(F)F)ccc3C)N(C(=O)Cn3nc(C(C)=O)c4cc(N5CCCC5)cc(CC=C)c43)[C@@H]1C2. The molecule has 3 atom stereocenters. The number of alkyl halides is 3. The zero-order valence-corrected chi connectivity index (χ0v) is 29.5. The van der Waals surface area contributed by atoms with Gasteiger partial charge in [-0.2, -0.15) is 18.3 Å². The third kappa shape index (κ3) is 7.33. The van der Waals surface area contributed by atoms with Gasteiger partial charge in [-0.25, -0.2) is 4.98 Å². The molecule has 0 unspecified atom stereocenters. The lowest BCUT2D eigenvalue weighted by Crippen LogP contribution is -2.47. The van der Waals surface area contributed by atoms with E-state index in [9.17, 15) is 32.3 Å². The highest BCUT2D eigenvalue weighted by atomic mass is 19.4. The average molecular weight is 720 g/mol. The third-order valence-corrected chi connectivity index (χ3v) is 10.4. The molecule has 2 N–H and O–H groups in total. The van der Waals surface area contributed by atoms with Gasteiger partial charge in [-0.3, -0.25) is 23.9 Å². The van der Waals surface area contributed by atoms with Crippen LogP contribution in [0.15, 0.2) is 49.6 Å². The summed E-state index contributed by atoms with van der Waals surface area (Å²) in [6.45, 7) is 12.3. The zero-order valence-electron chi connectivity index (χ0n) is 29.5. The number of piperidine rings is 1. The predicted molar refractivity (Wildman–Crippen MR) is 191 cm³/mol. The van der Waals surface area contributed by atoms with E-state index in [0.717, 1.165) is 43.2 Å². The molecular formula is C38H44F3N7O4. The summed E-state index contributed by atoms with van der Waals surface area (Å²) in [4.78, 5) is 61.2. The Morgan fingerprint density at radius 1 is 1.08 bits per heavy atom. The van der Waals surface area contributed by atoms with Crippen LogP contribution in [0.25, 0.3) is 10.9 Å². The Kier molecular flexibility index (Phi) is 10.3. The van der Waals surface area contributed by atoms with Gasteiger partial charge in [0.1, 0.15) is 29.8 Å². The van der Waals surface area contributed by atoms with E-state index in [-0.39, 0.29) is 42.7 Å². The van der Waals surface area contributed by atoms with Crippen molar-refractivity contribution in [3.8, 4) is 0 Å². The fourth-order valence-electron chi connectivity index (χ4n) is 7.69. The van der Waals surface area contributed by atoms with Gasteiger partial charge >= 0.3 is 6.18 Å². The van der Waals surface area contributed by atoms with E-state index in [0.29, 0.717) is 48.6 Å². The lowest BCUT2D eigenvalue weighted by molar-refractivity contribution is -0.141. The maximum atomic E-state index is 14.4. The maximum absolute atomic E-state index is 14.4. The minimum Gasteiger partial charge on any atom is -0.372 e. The lowest BCUT2D eigenvalue weighted by atomic mass is 9.98. The van der Waals surface area contributed by atoms with E-state index in [2.05, 4.69) is 38.8 Å². The van der Waals surface area contributed by atoms with Crippen LogP contribution in [0, 0.1) is 12.3 Å². The molecule has 14 heteroatoms. The molecule has 0 bridgehead atoms. The molecule has 1 saturated carbocycles. The summed E-state index contributed by atoms with van der Waals surface area (Å²) in [7, 11) is 0. The van der Waals surface area contributed by atoms with Crippen LogP contribution in [0.2, 0.25) is 0 Å². The van der Waals surface area contributed by atoms with Crippen molar-refractivity contribution >= 4 is 45.9 Å². The summed E-state index contributed by atoms with van der Waals surface area (Å²) < 4.78 is 42.0. The maximum Gasteiger partial charge on any atom is 0.433 e. The molecule has 0 radical (unpaired) electrons. The minimum atomic E-state index is -4.72. The van der Waals surface area contributed by atoms with Crippen molar-refractivity contribution in [2.75, 3.05) is 29.9 Å². The van der Waals surface area contributed by atoms with Crippen LogP contribution in [-0.4, -0.2) is 74.9 Å². The van der Waals surface area contributed by atoms with Crippen LogP contribution in [0.1, 0.15) is 79.2 Å². The van der Waals surface area contributed by atoms with Crippen molar-refractivity contribution in [1.29, 1.82) is 0 Å². The average Bonchev–Trinajstić information content (AvgIpc) is 3.45. The fourth-order valence-corrected chi connectivity index (χ4v) is 7.69. The van der Waals surface area contributed by atoms with Gasteiger partial charge in [0, 0.05) is 55.5 Å². The summed E-state index contributed by atoms with van der Waals surface area (Å²) in [6, 6.07) is 4.61. The number of nitrogens with zero attached hydrogens (tertiary/aromatic N) is 5. The summed E-state index contributed by atoms with van der Waals surface area (Å²) >= 11 is 0. The van der Waals surface area contributed by atoms with Crippen molar-refractivity contribution in [2.24, 2.45) is 5.41 Å². The Morgan fingerprint density at radius 3 is 2.50 bits per heavy atom. The molecule has 2 aliphatic heterocycles. The van der Waals surface area contributed by atoms with Gasteiger partial charge in [0.15, 0.2) is 5.78 Å². The smallest absolute Gasteiger partial charge is 0.372 e. The molecule has 52 heavy (non-hydrogen) atoms. The molecule has 1 aliphatic carbocycles. The van der Waals surface area contributed by atoms with Crippen LogP contribution in [0.3, 0.4) is 0 Å². The number of ketones is 1. The second kappa shape index (κ2) is 14.5. The number of allylic oxidation sites excluding steroid dienone is 2. The van der Waals surface area contributed by atoms with Gasteiger partial charge in [-0.1, -0.05) is 18.2 Å². The van der Waals surface area contributed by atoms with Crippen molar-refractivity contribution in [2.45, 2.75) is 90.0 Å². The molecule has 6 rings (SSSR count). The Balaban J connectivity index is 1.32. The largest absolute Gasteiger partial charge is 0.433 e. The number of rotatable bonds is 14. The van der Waals surface area contributed by atoms with E-state index in [1.807, 2.05) is 12.1 Å². The Labute approximate surface area is 300 Å². The number of carbonyl (C=O) groups excluding carboxylic acids is 4. The first kappa shape index (κ1) is 36.8. The topological polar surface area (TPSA) is 130 Å². The summed E-state index contributed by atoms with van der Waals surface area (Å²) in [5.74, 6) is -1.77. The summed E-state index contributed by atoms with van der Waals surface area (Å²) in [5, 5.41) is 10.8. The molecule has 3 fully saturated rings. The number of Topliss-reactive ketones (excluding diaryl/α,β-unsaturated/α-hetero) is 1. The number of nitrogens with one attached hydrogen (secondary N) is 2. The normalized spacial score (nSPS) is 20.9. The molecule has 3 aliphatic rings. The molecule has 3 amide bonds. The van der Waals surface area contributed by atoms with Gasteiger partial charge in [0.25, 0.3) is 0 Å². The van der Waals surface area contributed by atoms with Crippen LogP contribution < -0.4 is 15.5 Å². The number of hydrogen-bond donors (Lipinski definition) is 2. The number of hydrogen-bond acceptors (Lipinski definition) is 7. The number of anilines is 2. The third-order valence-electron chi connectivity index (χ3n) is 10.4. The number of pyridine rings is 1. The van der Waals surface area contributed by atoms with Gasteiger partial charge in [0.2, 0.25) is 17.7 Å². The van der Waals surface area contributed by atoms with E-state index < -0.39 is 41.2 Å². The first-order valence-corrected chi connectivity index (χ1v) is 17.7. The van der Waals surface area contributed by atoms with Gasteiger partial charge < -0.3 is 20.4 Å². The summed E-state index contributed by atoms with van der Waals surface area (Å²) in [6.07, 6.45) is 3.73. The molecule has 276 valence electrons. The highest BCUT2D eigenvalue weighted by Gasteiger charge is 2.67. The Hall–Kier alpha value is -5.01. The molecule has 4 heterocycles. The number of aromatic nitrogens is 3. The van der Waals surface area contributed by atoms with E-state index >= 15 is 0 Å². The monoisotopic (exact) mass is 719 g/mol. The van der Waals surface area contributed by atoms with Crippen molar-refractivity contribution in [3.05, 3.63) is 72.1 Å². The lowest BCUT2D eigenvalue weighted by Gasteiger charge is -2.27. The minimum absolute atomic E-state index is 0.153. The van der Waals surface area contributed by atoms with Crippen LogP contribution in [0.4, 0.5) is 24.7 Å². The number of carbonyl (C=O) groups is 4. The number of benzene rings is 1. The molecule has 3 aromatic rings. The fraction of sp³-hybridized carbons (Fsp3) is 0.474. The number of fused-ring (bicyclic) bond motifs is 2. The van der Waals surface area contributed by atoms with Gasteiger partial charge in [-0.15, -0.1) is 13.2 Å². The predicted octanol–water partition coefficient (Wildman–Crippen LogP) is 5.76. The number of unbranched alkanes of at least 4 members (excludes halogenated alkanes) is 1. The molecule has 11 nitrogen and oxygen atoms in total. The first-order valence-electron chi connectivity index (χ1n) is 17.7. The van der Waals surface area contributed by atoms with Gasteiger partial charge in [0.05, 0.1) is 5.52 Å². The first-order chi connectivity index (χ1) is 24.8. The standard InChI is InChI=1S/C38H44F3N7O4/c1-5-7-8-12-31(50)42-22-37-19-28(36(52)44-35-23(3)13-14-29(43-35)38(39,40)41)48(30(37)20-37)32(51)21-47-34-25(11-6-2)17-26(46-15-9-10-16-46)18-27(34)33(45-47)24(4)49/h5-6,13-14,17-18,28,30H,1-2,7-12,15-16,19-22H2,3-4H3,(H,42,50)(H,43,44,52)/t28-,30+,37-/m0/s1.